The largest absolute Gasteiger partial charge is 0.393 e. The van der Waals surface area contributed by atoms with Gasteiger partial charge < -0.3 is 15.7 Å². The average molecular weight is 252 g/mol. The summed E-state index contributed by atoms with van der Waals surface area (Å²) in [7, 11) is 0. The second-order valence-corrected chi connectivity index (χ2v) is 4.60. The van der Waals surface area contributed by atoms with E-state index in [4.69, 9.17) is 0 Å². The molecule has 98 valence electrons. The van der Waals surface area contributed by atoms with E-state index in [2.05, 4.69) is 10.6 Å². The zero-order chi connectivity index (χ0) is 13.0. The van der Waals surface area contributed by atoms with E-state index in [1.807, 2.05) is 0 Å². The van der Waals surface area contributed by atoms with Crippen LogP contribution in [0.2, 0.25) is 0 Å². The summed E-state index contributed by atoms with van der Waals surface area (Å²) in [5.41, 5.74) is 0.159. The quantitative estimate of drug-likeness (QED) is 0.756. The van der Waals surface area contributed by atoms with Gasteiger partial charge in [-0.1, -0.05) is 12.1 Å². The molecule has 1 saturated carbocycles. The Bertz CT molecular complexity index is 425. The van der Waals surface area contributed by atoms with Gasteiger partial charge in [-0.05, 0) is 37.8 Å². The number of nitrogens with one attached hydrogen (secondary N) is 2. The van der Waals surface area contributed by atoms with Crippen molar-refractivity contribution in [1.29, 1.82) is 0 Å². The van der Waals surface area contributed by atoms with E-state index in [1.165, 1.54) is 12.1 Å². The van der Waals surface area contributed by atoms with Gasteiger partial charge >= 0.3 is 6.03 Å². The molecule has 5 heteroatoms. The Labute approximate surface area is 105 Å². The maximum Gasteiger partial charge on any atom is 0.319 e. The second kappa shape index (κ2) is 5.82. The van der Waals surface area contributed by atoms with E-state index < -0.39 is 11.8 Å². The minimum Gasteiger partial charge on any atom is -0.393 e. The van der Waals surface area contributed by atoms with Crippen molar-refractivity contribution in [1.82, 2.24) is 5.32 Å². The molecule has 0 heterocycles. The molecular formula is C13H17FN2O2. The number of aliphatic hydroxyl groups is 1. The van der Waals surface area contributed by atoms with Crippen LogP contribution in [0.1, 0.15) is 25.7 Å². The first-order valence-corrected chi connectivity index (χ1v) is 6.15. The van der Waals surface area contributed by atoms with Crippen LogP contribution in [0.25, 0.3) is 0 Å². The highest BCUT2D eigenvalue weighted by molar-refractivity contribution is 5.89. The highest BCUT2D eigenvalue weighted by Gasteiger charge is 2.21. The third kappa shape index (κ3) is 3.43. The summed E-state index contributed by atoms with van der Waals surface area (Å²) >= 11 is 0. The lowest BCUT2D eigenvalue weighted by Crippen LogP contribution is -2.42. The van der Waals surface area contributed by atoms with Gasteiger partial charge in [-0.15, -0.1) is 0 Å². The fourth-order valence-corrected chi connectivity index (χ4v) is 2.20. The molecule has 2 unspecified atom stereocenters. The van der Waals surface area contributed by atoms with Crippen LogP contribution in [0.5, 0.6) is 0 Å². The van der Waals surface area contributed by atoms with E-state index in [-0.39, 0.29) is 17.8 Å². The van der Waals surface area contributed by atoms with Crippen LogP contribution in [-0.4, -0.2) is 23.3 Å². The van der Waals surface area contributed by atoms with E-state index in [0.717, 1.165) is 19.3 Å². The molecule has 1 fully saturated rings. The topological polar surface area (TPSA) is 61.4 Å². The first-order chi connectivity index (χ1) is 8.65. The molecule has 2 amide bonds. The molecule has 1 aliphatic carbocycles. The predicted octanol–water partition coefficient (Wildman–Crippen LogP) is 2.25. The molecule has 1 aliphatic rings. The van der Waals surface area contributed by atoms with Crippen molar-refractivity contribution >= 4 is 11.7 Å². The van der Waals surface area contributed by atoms with E-state index in [9.17, 15) is 14.3 Å². The van der Waals surface area contributed by atoms with Crippen LogP contribution in [0.15, 0.2) is 24.3 Å². The highest BCUT2D eigenvalue weighted by atomic mass is 19.1. The van der Waals surface area contributed by atoms with Crippen LogP contribution in [0.4, 0.5) is 14.9 Å². The number of benzene rings is 1. The predicted molar refractivity (Wildman–Crippen MR) is 66.8 cm³/mol. The smallest absolute Gasteiger partial charge is 0.319 e. The number of carbonyl (C=O) groups excluding carboxylic acids is 1. The van der Waals surface area contributed by atoms with Gasteiger partial charge in [0.2, 0.25) is 0 Å². The number of para-hydroxylation sites is 1. The van der Waals surface area contributed by atoms with Crippen molar-refractivity contribution in [2.75, 3.05) is 5.32 Å². The average Bonchev–Trinajstić information content (AvgIpc) is 2.32. The molecule has 4 nitrogen and oxygen atoms in total. The van der Waals surface area contributed by atoms with Gasteiger partial charge in [0.05, 0.1) is 11.8 Å². The van der Waals surface area contributed by atoms with Gasteiger partial charge in [-0.25, -0.2) is 9.18 Å². The first kappa shape index (κ1) is 12.8. The van der Waals surface area contributed by atoms with Gasteiger partial charge in [0.1, 0.15) is 5.82 Å². The maximum atomic E-state index is 13.3. The zero-order valence-electron chi connectivity index (χ0n) is 10.0. The van der Waals surface area contributed by atoms with Crippen molar-refractivity contribution in [3.05, 3.63) is 30.1 Å². The van der Waals surface area contributed by atoms with Gasteiger partial charge in [0.25, 0.3) is 0 Å². The SMILES string of the molecule is O=C(Nc1ccccc1F)NC1CCCC(O)C1. The summed E-state index contributed by atoms with van der Waals surface area (Å²) in [5, 5.41) is 14.7. The number of hydrogen-bond acceptors (Lipinski definition) is 2. The molecule has 2 atom stereocenters. The molecule has 0 bridgehead atoms. The summed E-state index contributed by atoms with van der Waals surface area (Å²) in [6.07, 6.45) is 2.74. The maximum absolute atomic E-state index is 13.3. The van der Waals surface area contributed by atoms with Gasteiger partial charge in [-0.3, -0.25) is 0 Å². The van der Waals surface area contributed by atoms with E-state index in [1.54, 1.807) is 12.1 Å². The van der Waals surface area contributed by atoms with Gasteiger partial charge in [0.15, 0.2) is 0 Å². The number of urea groups is 1. The molecule has 3 N–H and O–H groups in total. The minimum absolute atomic E-state index is 0.0412. The highest BCUT2D eigenvalue weighted by Crippen LogP contribution is 2.18. The van der Waals surface area contributed by atoms with Crippen molar-refractivity contribution in [2.45, 2.75) is 37.8 Å². The molecule has 1 aromatic carbocycles. The molecule has 0 spiro atoms. The molecule has 0 radical (unpaired) electrons. The lowest BCUT2D eigenvalue weighted by molar-refractivity contribution is 0.114. The van der Waals surface area contributed by atoms with Gasteiger partial charge in [-0.2, -0.15) is 0 Å². The van der Waals surface area contributed by atoms with Crippen LogP contribution >= 0.6 is 0 Å². The Kier molecular flexibility index (Phi) is 4.15. The number of rotatable bonds is 2. The summed E-state index contributed by atoms with van der Waals surface area (Å²) in [5.74, 6) is -0.462. The molecule has 18 heavy (non-hydrogen) atoms. The number of carbonyl (C=O) groups is 1. The van der Waals surface area contributed by atoms with Gasteiger partial charge in [0, 0.05) is 6.04 Å². The number of amides is 2. The lowest BCUT2D eigenvalue weighted by atomic mass is 9.93. The molecular weight excluding hydrogens is 235 g/mol. The zero-order valence-corrected chi connectivity index (χ0v) is 10.0. The molecule has 0 aromatic heterocycles. The summed E-state index contributed by atoms with van der Waals surface area (Å²) in [6.45, 7) is 0. The second-order valence-electron chi connectivity index (χ2n) is 4.60. The minimum atomic E-state index is -0.462. The summed E-state index contributed by atoms with van der Waals surface area (Å²) < 4.78 is 13.3. The fraction of sp³-hybridized carbons (Fsp3) is 0.462. The summed E-state index contributed by atoms with van der Waals surface area (Å²) in [4.78, 5) is 11.7. The molecule has 1 aromatic rings. The molecule has 0 saturated heterocycles. The Morgan fingerprint density at radius 3 is 2.83 bits per heavy atom. The monoisotopic (exact) mass is 252 g/mol. The van der Waals surface area contributed by atoms with Crippen molar-refractivity contribution < 1.29 is 14.3 Å². The lowest BCUT2D eigenvalue weighted by Gasteiger charge is -2.26. The van der Waals surface area contributed by atoms with E-state index in [0.29, 0.717) is 6.42 Å². The number of aliphatic hydroxyl groups excluding tert-OH is 1. The number of anilines is 1. The normalized spacial score (nSPS) is 23.4. The Morgan fingerprint density at radius 2 is 2.11 bits per heavy atom. The Hall–Kier alpha value is -1.62. The standard InChI is InChI=1S/C13H17FN2O2/c14-11-6-1-2-7-12(11)16-13(18)15-9-4-3-5-10(17)8-9/h1-2,6-7,9-10,17H,3-5,8H2,(H2,15,16,18). The Balaban J connectivity index is 1.87. The fourth-order valence-electron chi connectivity index (χ4n) is 2.20. The van der Waals surface area contributed by atoms with E-state index >= 15 is 0 Å². The van der Waals surface area contributed by atoms with Crippen molar-refractivity contribution in [3.8, 4) is 0 Å². The van der Waals surface area contributed by atoms with Crippen molar-refractivity contribution in [2.24, 2.45) is 0 Å². The number of halogens is 1. The van der Waals surface area contributed by atoms with Crippen LogP contribution in [0, 0.1) is 5.82 Å². The van der Waals surface area contributed by atoms with Crippen molar-refractivity contribution in [3.63, 3.8) is 0 Å². The third-order valence-corrected chi connectivity index (χ3v) is 3.10. The Morgan fingerprint density at radius 1 is 1.33 bits per heavy atom. The first-order valence-electron chi connectivity index (χ1n) is 6.15. The third-order valence-electron chi connectivity index (χ3n) is 3.10. The van der Waals surface area contributed by atoms with Crippen LogP contribution in [0.3, 0.4) is 0 Å². The van der Waals surface area contributed by atoms with Crippen LogP contribution < -0.4 is 10.6 Å². The number of hydrogen-bond donors (Lipinski definition) is 3. The summed E-state index contributed by atoms with van der Waals surface area (Å²) in [6, 6.07) is 5.54. The molecule has 0 aliphatic heterocycles. The molecule has 2 rings (SSSR count). The van der Waals surface area contributed by atoms with Crippen LogP contribution in [-0.2, 0) is 0 Å².